The number of aliphatic hydroxyl groups excluding tert-OH is 2. The van der Waals surface area contributed by atoms with Crippen molar-refractivity contribution in [3.8, 4) is 0 Å². The quantitative estimate of drug-likeness (QED) is 0.0136. The summed E-state index contributed by atoms with van der Waals surface area (Å²) < 4.78 is 49.6. The number of hydrogen-bond acceptors (Lipinski definition) is 16. The normalized spacial score (nSPS) is 20.5. The lowest BCUT2D eigenvalue weighted by Gasteiger charge is -2.29. The largest absolute Gasteiger partial charge is 0.462 e. The fourth-order valence-corrected chi connectivity index (χ4v) is 14.6. The third kappa shape index (κ3) is 44.4. The van der Waals surface area contributed by atoms with Crippen molar-refractivity contribution in [3.05, 3.63) is 167 Å². The highest BCUT2D eigenvalue weighted by atomic mass is 35.5. The minimum Gasteiger partial charge on any atom is -0.462 e. The Morgan fingerprint density at radius 2 is 0.805 bits per heavy atom. The zero-order valence-corrected chi connectivity index (χ0v) is 73.4. The molecule has 0 spiro atoms. The number of halogens is 2. The van der Waals surface area contributed by atoms with E-state index in [9.17, 15) is 29.1 Å². The van der Waals surface area contributed by atoms with E-state index >= 15 is 0 Å². The summed E-state index contributed by atoms with van der Waals surface area (Å²) in [5.41, 5.74) is 8.29. The number of benzene rings is 3. The predicted molar refractivity (Wildman–Crippen MR) is 472 cm³/mol. The molecule has 638 valence electrons. The second-order valence-corrected chi connectivity index (χ2v) is 34.3. The summed E-state index contributed by atoms with van der Waals surface area (Å²) >= 11 is 13.8. The maximum atomic E-state index is 12.6. The first-order chi connectivity index (χ1) is 53.8. The Kier molecular flexibility index (Phi) is 59.0. The van der Waals surface area contributed by atoms with E-state index in [1.54, 1.807) is 20.8 Å². The molecule has 3 aromatic rings. The van der Waals surface area contributed by atoms with Gasteiger partial charge in [0, 0.05) is 35.9 Å². The van der Waals surface area contributed by atoms with Gasteiger partial charge >= 0.3 is 31.1 Å². The SMILES string of the molecule is C.C=C(C)C(=O)OCC(CO)c1ccc(C2CCC(CCCCC)CC2)cc1.C=C(C)C(=O)OCC(COC(=O)C(=C)CO)c1ccc(C2CCC(CCCCC)CC2)cc1.C=C(C)C(=O)OCC(COC(=O)C(=C)COC1CCCCO1)c1ccc(C2CCC(CCCCC)CC2)cc1.CC1CCCO1.ClCCl.O.[3H][P+](P)=S. The van der Waals surface area contributed by atoms with E-state index < -0.39 is 43.4 Å². The molecule has 21 heteroatoms. The molecule has 0 aromatic heterocycles. The Hall–Kier alpha value is -5.00. The van der Waals surface area contributed by atoms with Crippen molar-refractivity contribution in [1.29, 1.82) is 1.28 Å². The van der Waals surface area contributed by atoms with Crippen LogP contribution >= 0.6 is 39.1 Å². The van der Waals surface area contributed by atoms with E-state index in [4.69, 9.17) is 67.5 Å². The molecule has 113 heavy (non-hydrogen) atoms. The highest BCUT2D eigenvalue weighted by Crippen LogP contribution is 2.41. The second kappa shape index (κ2) is 64.1. The maximum Gasteiger partial charge on any atom is 0.355 e. The molecule has 0 radical (unpaired) electrons. The van der Waals surface area contributed by atoms with Gasteiger partial charge in [-0.05, 0) is 206 Å². The molecule has 7 atom stereocenters. The van der Waals surface area contributed by atoms with Gasteiger partial charge in [-0.3, -0.25) is 0 Å². The lowest BCUT2D eigenvalue weighted by atomic mass is 9.77. The van der Waals surface area contributed by atoms with E-state index in [1.165, 1.54) is 184 Å². The van der Waals surface area contributed by atoms with Crippen molar-refractivity contribution in [3.63, 3.8) is 0 Å². The summed E-state index contributed by atoms with van der Waals surface area (Å²) in [7, 11) is 2.20. The van der Waals surface area contributed by atoms with Gasteiger partial charge in [0.1, 0.15) is 33.0 Å². The lowest BCUT2D eigenvalue weighted by Crippen LogP contribution is -2.25. The van der Waals surface area contributed by atoms with Crippen molar-refractivity contribution in [1.82, 2.24) is 0 Å². The smallest absolute Gasteiger partial charge is 0.355 e. The van der Waals surface area contributed by atoms with Crippen LogP contribution in [0.3, 0.4) is 0 Å². The minimum atomic E-state index is -0.870. The van der Waals surface area contributed by atoms with Crippen molar-refractivity contribution in [2.24, 2.45) is 17.8 Å². The highest BCUT2D eigenvalue weighted by Gasteiger charge is 2.28. The Bertz CT molecular complexity index is 3210. The van der Waals surface area contributed by atoms with E-state index in [-0.39, 0.29) is 99.7 Å². The average Bonchev–Trinajstić information content (AvgIpc) is 1.02. The monoisotopic (exact) mass is 1670 g/mol. The van der Waals surface area contributed by atoms with Crippen LogP contribution in [0.15, 0.2) is 134 Å². The molecule has 2 aliphatic heterocycles. The molecule has 0 amide bonds. The van der Waals surface area contributed by atoms with Crippen molar-refractivity contribution in [2.45, 2.75) is 290 Å². The summed E-state index contributed by atoms with van der Waals surface area (Å²) in [6.45, 7) is 32.7. The fraction of sp³-hybridized carbons (Fsp3) is 0.641. The maximum absolute atomic E-state index is 12.6. The van der Waals surface area contributed by atoms with Gasteiger partial charge in [-0.2, -0.15) is 0 Å². The number of alkyl halides is 2. The van der Waals surface area contributed by atoms with Gasteiger partial charge in [-0.15, -0.1) is 23.2 Å². The van der Waals surface area contributed by atoms with Crippen LogP contribution in [0, 0.1) is 17.8 Å². The molecular weight excluding hydrogens is 1530 g/mol. The van der Waals surface area contributed by atoms with Crippen LogP contribution in [0.4, 0.5) is 0 Å². The van der Waals surface area contributed by atoms with E-state index in [1.807, 2.05) is 12.1 Å². The van der Waals surface area contributed by atoms with Crippen molar-refractivity contribution >= 4 is 80.8 Å². The molecule has 5 fully saturated rings. The zero-order chi connectivity index (χ0) is 82.6. The topological polar surface area (TPSA) is 231 Å². The molecule has 16 nitrogen and oxygen atoms in total. The summed E-state index contributed by atoms with van der Waals surface area (Å²) in [5, 5.41) is 18.9. The number of carbonyl (C=O) groups is 5. The third-order valence-corrected chi connectivity index (χ3v) is 21.7. The average molecular weight is 1670 g/mol. The van der Waals surface area contributed by atoms with Crippen LogP contribution in [-0.4, -0.2) is 131 Å². The van der Waals surface area contributed by atoms with Gasteiger partial charge in [0.15, 0.2) is 25.1 Å². The number of ether oxygens (including phenoxy) is 8. The molecule has 5 aliphatic rings. The van der Waals surface area contributed by atoms with Crippen molar-refractivity contribution < 1.29 is 77.6 Å². The standard InChI is InChI=1S/C33H48O6.C28H40O5.C24H36O3.C5H10O.CH2Cl2.CH4.H2O.H2P2S/c1-5-6-7-10-26-12-14-27(15-13-26)28-16-18-29(19-17-28)30(22-38-32(34)24(2)3)23-39-33(35)25(4)21-37-31-11-8-9-20-36-31;1-5-6-7-8-22-9-11-23(12-10-22)24-13-15-25(16-14-24)26(18-32-27(30)20(2)3)19-33-28(31)21(4)17-29;1-4-5-6-7-19-8-10-20(11-9-19)21-12-14-22(15-13-21)23(16-25)17-27-24(26)18(2)3;1-5-3-2-4-6-5;2-1-3;;;1-2-3/h16-19,26-27,30-31H,2,4-15,20-23H2,1,3H3;13-16,22-23,26,29H,2,4-12,17-19H2,1,3H3;12-15,19-20,23,25H,2,4-11,16-17H2,1,3H3;5H,2-4H2,1H3;1H2;1H4;1H2;1H2/p+1/i/hT. The number of hydrogen-bond donors (Lipinski definition) is 2. The molecule has 2 heterocycles. The molecule has 2 saturated heterocycles. The molecule has 4 N–H and O–H groups in total. The molecular formula is C92H145Cl2O16P2S+. The van der Waals surface area contributed by atoms with Crippen LogP contribution in [-0.2, 0) is 73.7 Å². The Morgan fingerprint density at radius 3 is 1.07 bits per heavy atom. The van der Waals surface area contributed by atoms with Gasteiger partial charge in [-0.25, -0.2) is 24.0 Å². The van der Waals surface area contributed by atoms with Crippen LogP contribution in [0.1, 0.15) is 311 Å². The number of aliphatic hydroxyl groups is 2. The summed E-state index contributed by atoms with van der Waals surface area (Å²) in [6, 6.07) is 25.5. The molecule has 7 unspecified atom stereocenters. The van der Waals surface area contributed by atoms with Gasteiger partial charge < -0.3 is 53.6 Å². The van der Waals surface area contributed by atoms with E-state index in [2.05, 4.69) is 142 Å². The zero-order valence-electron chi connectivity index (χ0n) is 70.0. The molecule has 3 aliphatic carbocycles. The molecule has 8 rings (SSSR count). The van der Waals surface area contributed by atoms with Gasteiger partial charge in [-0.1, -0.05) is 211 Å². The molecule has 3 saturated carbocycles. The Balaban J connectivity index is 0.000000792. The predicted octanol–water partition coefficient (Wildman–Crippen LogP) is 22.3. The summed E-state index contributed by atoms with van der Waals surface area (Å²) in [5.74, 6) is 1.23. The Labute approximate surface area is 701 Å². The van der Waals surface area contributed by atoms with Crippen LogP contribution in [0.5, 0.6) is 0 Å². The number of unbranched alkanes of at least 4 members (excludes halogenated alkanes) is 6. The first kappa shape index (κ1) is 104. The van der Waals surface area contributed by atoms with Crippen molar-refractivity contribution in [2.75, 3.05) is 71.4 Å². The number of carbonyl (C=O) groups excluding carboxylic acids is 5. The summed E-state index contributed by atoms with van der Waals surface area (Å²) in [4.78, 5) is 60.0. The summed E-state index contributed by atoms with van der Waals surface area (Å²) in [6.07, 6.45) is 37.3. The first-order valence-electron chi connectivity index (χ1n) is 41.6. The van der Waals surface area contributed by atoms with Crippen LogP contribution in [0.25, 0.3) is 0 Å². The number of rotatable bonds is 38. The van der Waals surface area contributed by atoms with E-state index in [0.29, 0.717) is 47.2 Å². The Morgan fingerprint density at radius 1 is 0.496 bits per heavy atom. The third-order valence-electron chi connectivity index (χ3n) is 21.7. The first-order valence-corrected chi connectivity index (χ1v) is 45.8. The van der Waals surface area contributed by atoms with Crippen LogP contribution in [0.2, 0.25) is 0 Å². The van der Waals surface area contributed by atoms with Gasteiger partial charge in [0.2, 0.25) is 0 Å². The fourth-order valence-electron chi connectivity index (χ4n) is 14.6. The van der Waals surface area contributed by atoms with Gasteiger partial charge in [0.05, 0.1) is 63.2 Å². The van der Waals surface area contributed by atoms with Crippen LogP contribution < -0.4 is 0 Å². The van der Waals surface area contributed by atoms with E-state index in [0.717, 1.165) is 60.3 Å². The molecule has 0 bridgehead atoms. The highest BCUT2D eigenvalue weighted by molar-refractivity contribution is 8.24. The molecule has 3 aromatic carbocycles. The minimum absolute atomic E-state index is 0. The second-order valence-electron chi connectivity index (χ2n) is 30.7. The lowest BCUT2D eigenvalue weighted by molar-refractivity contribution is -0.161. The van der Waals surface area contributed by atoms with Gasteiger partial charge in [0.25, 0.3) is 0 Å². The number of esters is 5.